The zero-order valence-corrected chi connectivity index (χ0v) is 5.86. The Labute approximate surface area is 59.5 Å². The third-order valence-corrected chi connectivity index (χ3v) is 0.474. The van der Waals surface area contributed by atoms with Crippen LogP contribution in [0.15, 0.2) is 0 Å². The number of aliphatic hydroxyl groups excluding tert-OH is 1. The summed E-state index contributed by atoms with van der Waals surface area (Å²) in [6.07, 6.45) is 0.299. The molecule has 4 nitrogen and oxygen atoms in total. The monoisotopic (exact) mass is 148 g/mol. The Morgan fingerprint density at radius 3 is 1.70 bits per heavy atom. The molecule has 0 radical (unpaired) electrons. The molecule has 0 saturated heterocycles. The molecule has 0 spiro atoms. The van der Waals surface area contributed by atoms with Gasteiger partial charge in [0.05, 0.1) is 6.42 Å². The molecule has 0 heterocycles. The van der Waals surface area contributed by atoms with Gasteiger partial charge in [-0.25, -0.2) is 0 Å². The highest BCUT2D eigenvalue weighted by atomic mass is 16.5. The predicted octanol–water partition coefficient (Wildman–Crippen LogP) is -0.519. The fourth-order valence-electron chi connectivity index (χ4n) is 0.0861. The lowest BCUT2D eigenvalue weighted by molar-refractivity contribution is -0.115. The maximum absolute atomic E-state index is 9.30. The molecule has 60 valence electrons. The van der Waals surface area contributed by atoms with Crippen LogP contribution in [0.3, 0.4) is 0 Å². The second-order valence-electron chi connectivity index (χ2n) is 1.46. The minimum atomic E-state index is -1.47. The van der Waals surface area contributed by atoms with Gasteiger partial charge in [0.15, 0.2) is 6.29 Å². The molecule has 0 aromatic carbocycles. The molecule has 0 atom stereocenters. The van der Waals surface area contributed by atoms with Gasteiger partial charge in [-0.05, 0) is 0 Å². The standard InChI is InChI=1S/C3H6O3.C3H6O/c4-2-1-3(5)6;1-2-3-4/h2-3,5-6H,1H2;3H,2H2,1H3. The van der Waals surface area contributed by atoms with Gasteiger partial charge in [-0.15, -0.1) is 0 Å². The Balaban J connectivity index is 0. The Bertz CT molecular complexity index is 79.8. The van der Waals surface area contributed by atoms with Crippen molar-refractivity contribution in [2.75, 3.05) is 0 Å². The molecule has 0 aromatic rings. The first-order valence-corrected chi connectivity index (χ1v) is 2.92. The van der Waals surface area contributed by atoms with Crippen molar-refractivity contribution in [3.05, 3.63) is 0 Å². The molecular weight excluding hydrogens is 136 g/mol. The summed E-state index contributed by atoms with van der Waals surface area (Å²) in [5.41, 5.74) is 0. The first-order chi connectivity index (χ1) is 4.68. The van der Waals surface area contributed by atoms with E-state index in [1.165, 1.54) is 0 Å². The minimum absolute atomic E-state index is 0.194. The molecule has 0 saturated carbocycles. The van der Waals surface area contributed by atoms with Crippen LogP contribution in [-0.4, -0.2) is 29.1 Å². The zero-order chi connectivity index (χ0) is 8.41. The van der Waals surface area contributed by atoms with E-state index in [-0.39, 0.29) is 6.42 Å². The lowest BCUT2D eigenvalue weighted by Gasteiger charge is -1.89. The topological polar surface area (TPSA) is 74.6 Å². The van der Waals surface area contributed by atoms with Crippen LogP contribution < -0.4 is 0 Å². The Morgan fingerprint density at radius 1 is 1.30 bits per heavy atom. The molecule has 0 rings (SSSR count). The third-order valence-electron chi connectivity index (χ3n) is 0.474. The summed E-state index contributed by atoms with van der Waals surface area (Å²) in [6.45, 7) is 1.81. The zero-order valence-electron chi connectivity index (χ0n) is 5.86. The van der Waals surface area contributed by atoms with Crippen molar-refractivity contribution in [2.45, 2.75) is 26.1 Å². The van der Waals surface area contributed by atoms with Crippen molar-refractivity contribution in [1.29, 1.82) is 0 Å². The van der Waals surface area contributed by atoms with E-state index in [2.05, 4.69) is 0 Å². The summed E-state index contributed by atoms with van der Waals surface area (Å²) in [7, 11) is 0. The molecule has 0 unspecified atom stereocenters. The number of aldehydes is 2. The average Bonchev–Trinajstić information content (AvgIpc) is 1.89. The summed E-state index contributed by atoms with van der Waals surface area (Å²) in [5.74, 6) is 0. The highest BCUT2D eigenvalue weighted by Crippen LogP contribution is 1.75. The molecule has 4 heteroatoms. The van der Waals surface area contributed by atoms with E-state index >= 15 is 0 Å². The number of hydrogen-bond acceptors (Lipinski definition) is 4. The van der Waals surface area contributed by atoms with Crippen molar-refractivity contribution in [1.82, 2.24) is 0 Å². The molecule has 2 N–H and O–H groups in total. The number of rotatable bonds is 3. The molecule has 0 aliphatic heterocycles. The van der Waals surface area contributed by atoms with E-state index in [1.807, 2.05) is 6.92 Å². The van der Waals surface area contributed by atoms with E-state index in [9.17, 15) is 9.59 Å². The lowest BCUT2D eigenvalue weighted by Crippen LogP contribution is -2.02. The molecule has 0 fully saturated rings. The van der Waals surface area contributed by atoms with Crippen LogP contribution in [-0.2, 0) is 9.59 Å². The fourth-order valence-corrected chi connectivity index (χ4v) is 0.0861. The van der Waals surface area contributed by atoms with Crippen LogP contribution in [0.2, 0.25) is 0 Å². The highest BCUT2D eigenvalue weighted by molar-refractivity contribution is 5.49. The van der Waals surface area contributed by atoms with Crippen LogP contribution in [0.4, 0.5) is 0 Å². The largest absolute Gasteiger partial charge is 0.368 e. The first kappa shape index (κ1) is 12.0. The van der Waals surface area contributed by atoms with Gasteiger partial charge in [0.2, 0.25) is 0 Å². The number of aliphatic hydroxyl groups is 2. The smallest absolute Gasteiger partial charge is 0.158 e. The van der Waals surface area contributed by atoms with Crippen LogP contribution in [0.25, 0.3) is 0 Å². The van der Waals surface area contributed by atoms with Gasteiger partial charge in [-0.2, -0.15) is 0 Å². The van der Waals surface area contributed by atoms with Gasteiger partial charge >= 0.3 is 0 Å². The predicted molar refractivity (Wildman–Crippen MR) is 35.3 cm³/mol. The van der Waals surface area contributed by atoms with Crippen LogP contribution in [0.5, 0.6) is 0 Å². The summed E-state index contributed by atoms with van der Waals surface area (Å²) in [4.78, 5) is 18.5. The summed E-state index contributed by atoms with van der Waals surface area (Å²) < 4.78 is 0. The maximum Gasteiger partial charge on any atom is 0.158 e. The quantitative estimate of drug-likeness (QED) is 0.417. The van der Waals surface area contributed by atoms with Crippen molar-refractivity contribution >= 4 is 12.6 Å². The van der Waals surface area contributed by atoms with Gasteiger partial charge in [-0.1, -0.05) is 6.92 Å². The third kappa shape index (κ3) is 26.8. The molecule has 0 bridgehead atoms. The van der Waals surface area contributed by atoms with Crippen LogP contribution in [0, 0.1) is 0 Å². The highest BCUT2D eigenvalue weighted by Gasteiger charge is 1.89. The number of carbonyl (C=O) groups is 2. The molecule has 0 aromatic heterocycles. The van der Waals surface area contributed by atoms with Crippen molar-refractivity contribution in [3.63, 3.8) is 0 Å². The second-order valence-corrected chi connectivity index (χ2v) is 1.46. The Hall–Kier alpha value is -0.740. The number of carbonyl (C=O) groups excluding carboxylic acids is 2. The molecule has 0 amide bonds. The molecule has 10 heavy (non-hydrogen) atoms. The van der Waals surface area contributed by atoms with E-state index in [1.54, 1.807) is 0 Å². The number of hydrogen-bond donors (Lipinski definition) is 2. The Kier molecular flexibility index (Phi) is 13.3. The molecule has 0 aliphatic rings. The minimum Gasteiger partial charge on any atom is -0.368 e. The van der Waals surface area contributed by atoms with Crippen LogP contribution >= 0.6 is 0 Å². The van der Waals surface area contributed by atoms with E-state index < -0.39 is 6.29 Å². The SMILES string of the molecule is CCC=O.O=CCC(O)O. The van der Waals surface area contributed by atoms with Crippen molar-refractivity contribution in [3.8, 4) is 0 Å². The second kappa shape index (κ2) is 11.1. The van der Waals surface area contributed by atoms with E-state index in [4.69, 9.17) is 10.2 Å². The average molecular weight is 148 g/mol. The summed E-state index contributed by atoms with van der Waals surface area (Å²) >= 11 is 0. The summed E-state index contributed by atoms with van der Waals surface area (Å²) in [6, 6.07) is 0. The lowest BCUT2D eigenvalue weighted by atomic mass is 10.5. The normalized spacial score (nSPS) is 8.00. The van der Waals surface area contributed by atoms with Gasteiger partial charge in [-0.3, -0.25) is 0 Å². The van der Waals surface area contributed by atoms with Crippen LogP contribution in [0.1, 0.15) is 19.8 Å². The fraction of sp³-hybridized carbons (Fsp3) is 0.667. The maximum atomic E-state index is 9.30. The molecular formula is C6H12O4. The van der Waals surface area contributed by atoms with E-state index in [0.29, 0.717) is 12.7 Å². The van der Waals surface area contributed by atoms with Gasteiger partial charge in [0.25, 0.3) is 0 Å². The Morgan fingerprint density at radius 2 is 1.70 bits per heavy atom. The van der Waals surface area contributed by atoms with Gasteiger partial charge in [0.1, 0.15) is 12.6 Å². The van der Waals surface area contributed by atoms with Crippen molar-refractivity contribution in [2.24, 2.45) is 0 Å². The summed E-state index contributed by atoms with van der Waals surface area (Å²) in [5, 5.41) is 15.8. The van der Waals surface area contributed by atoms with Crippen molar-refractivity contribution < 1.29 is 19.8 Å². The van der Waals surface area contributed by atoms with Gasteiger partial charge < -0.3 is 19.8 Å². The first-order valence-electron chi connectivity index (χ1n) is 2.92. The van der Waals surface area contributed by atoms with Gasteiger partial charge in [0, 0.05) is 6.42 Å². The van der Waals surface area contributed by atoms with E-state index in [0.717, 1.165) is 6.29 Å². The molecule has 0 aliphatic carbocycles.